The van der Waals surface area contributed by atoms with Gasteiger partial charge in [0.15, 0.2) is 0 Å². The molecule has 0 saturated carbocycles. The van der Waals surface area contributed by atoms with E-state index >= 15 is 0 Å². The summed E-state index contributed by atoms with van der Waals surface area (Å²) < 4.78 is 3.84. The van der Waals surface area contributed by atoms with Crippen molar-refractivity contribution in [1.29, 1.82) is 0 Å². The minimum atomic E-state index is -0.396. The van der Waals surface area contributed by atoms with Gasteiger partial charge in [-0.2, -0.15) is 0 Å². The first-order valence-electron chi connectivity index (χ1n) is 18.8. The van der Waals surface area contributed by atoms with Gasteiger partial charge in [-0.05, 0) is 115 Å². The van der Waals surface area contributed by atoms with Crippen LogP contribution in [0.1, 0.15) is 22.3 Å². The summed E-state index contributed by atoms with van der Waals surface area (Å²) in [4.78, 5) is 19.4. The first-order valence-corrected chi connectivity index (χ1v) is 18.8. The minimum absolute atomic E-state index is 0.0948. The Morgan fingerprint density at radius 2 is 0.964 bits per heavy atom. The molecular weight excluding hydrogens is 671 g/mol. The number of fused-ring (bicyclic) bond motifs is 15. The van der Waals surface area contributed by atoms with Crippen molar-refractivity contribution in [2.45, 2.75) is 5.41 Å². The Kier molecular flexibility index (Phi) is 6.10. The van der Waals surface area contributed by atoms with Crippen molar-refractivity contribution in [2.75, 3.05) is 0 Å². The van der Waals surface area contributed by atoms with E-state index in [1.165, 1.54) is 44.5 Å². The average molecular weight is 702 g/mol. The molecule has 55 heavy (non-hydrogen) atoms. The fraction of sp³-hybridized carbons (Fsp3) is 0.0196. The Labute approximate surface area is 316 Å². The van der Waals surface area contributed by atoms with Crippen LogP contribution < -0.4 is 5.56 Å². The number of rotatable bonds is 3. The molecular formula is C51H31N3O. The fourth-order valence-corrected chi connectivity index (χ4v) is 9.66. The molecule has 256 valence electrons. The van der Waals surface area contributed by atoms with E-state index in [4.69, 9.17) is 4.98 Å². The standard InChI is InChI=1S/C51H31N3O/c55-49-41-30-34(26-28-47(41)54-48-24-11-10-23-46(48)52-50(54)53(49)36-15-2-1-3-16-36)32-13-12-14-33(29-32)35-25-27-40-39-19-6-9-22-44(39)51(45(40)31-35)42-20-7-4-17-37(42)38-18-5-8-21-43(38)51/h1-31H. The third-order valence-electron chi connectivity index (χ3n) is 12.0. The molecule has 10 aromatic rings. The summed E-state index contributed by atoms with van der Waals surface area (Å²) in [5.74, 6) is 0.601. The summed E-state index contributed by atoms with van der Waals surface area (Å²) in [6.07, 6.45) is 0. The van der Waals surface area contributed by atoms with E-state index in [9.17, 15) is 4.79 Å². The van der Waals surface area contributed by atoms with Gasteiger partial charge < -0.3 is 0 Å². The zero-order valence-corrected chi connectivity index (χ0v) is 29.6. The molecule has 0 saturated heterocycles. The Morgan fingerprint density at radius 3 is 1.65 bits per heavy atom. The molecule has 4 nitrogen and oxygen atoms in total. The number of para-hydroxylation sites is 3. The molecule has 2 aliphatic rings. The number of nitrogens with zero attached hydrogens (tertiary/aromatic N) is 3. The number of imidazole rings is 1. The summed E-state index contributed by atoms with van der Waals surface area (Å²) in [7, 11) is 0. The highest BCUT2D eigenvalue weighted by molar-refractivity contribution is 5.96. The average Bonchev–Trinajstić information content (AvgIpc) is 3.88. The van der Waals surface area contributed by atoms with E-state index < -0.39 is 5.41 Å². The highest BCUT2D eigenvalue weighted by atomic mass is 16.1. The largest absolute Gasteiger partial charge is 0.277 e. The molecule has 1 spiro atoms. The van der Waals surface area contributed by atoms with Gasteiger partial charge in [0.05, 0.1) is 33.0 Å². The van der Waals surface area contributed by atoms with Crippen LogP contribution in [0.4, 0.5) is 0 Å². The van der Waals surface area contributed by atoms with Crippen LogP contribution in [0, 0.1) is 0 Å². The Balaban J connectivity index is 1.04. The molecule has 8 aromatic carbocycles. The molecule has 4 heteroatoms. The molecule has 2 heterocycles. The van der Waals surface area contributed by atoms with Crippen LogP contribution in [0.2, 0.25) is 0 Å². The van der Waals surface area contributed by atoms with Crippen LogP contribution in [0.3, 0.4) is 0 Å². The number of benzene rings is 8. The maximum absolute atomic E-state index is 14.5. The second kappa shape index (κ2) is 11.1. The molecule has 0 N–H and O–H groups in total. The van der Waals surface area contributed by atoms with Gasteiger partial charge in [0.25, 0.3) is 5.56 Å². The van der Waals surface area contributed by atoms with Gasteiger partial charge in [-0.1, -0.05) is 140 Å². The van der Waals surface area contributed by atoms with Gasteiger partial charge in [0.2, 0.25) is 5.78 Å². The van der Waals surface area contributed by atoms with Crippen LogP contribution in [0.15, 0.2) is 193 Å². The summed E-state index contributed by atoms with van der Waals surface area (Å²) in [5, 5.41) is 0.637. The summed E-state index contributed by atoms with van der Waals surface area (Å²) in [6.45, 7) is 0. The second-order valence-electron chi connectivity index (χ2n) is 14.7. The summed E-state index contributed by atoms with van der Waals surface area (Å²) in [6, 6.07) is 66.6. The lowest BCUT2D eigenvalue weighted by molar-refractivity contribution is 0.794. The van der Waals surface area contributed by atoms with Gasteiger partial charge in [0.1, 0.15) is 0 Å². The van der Waals surface area contributed by atoms with Crippen LogP contribution in [0.5, 0.6) is 0 Å². The molecule has 12 rings (SSSR count). The van der Waals surface area contributed by atoms with Crippen molar-refractivity contribution in [3.8, 4) is 50.2 Å². The third kappa shape index (κ3) is 4.00. The normalized spacial score (nSPS) is 13.3. The SMILES string of the molecule is O=c1c2cc(-c3cccc(-c4ccc5c(c4)C4(c6ccccc6-c6ccccc64)c4ccccc4-5)c3)ccc2n2c3ccccc3nc2n1-c1ccccc1. The lowest BCUT2D eigenvalue weighted by Crippen LogP contribution is -2.25. The maximum atomic E-state index is 14.5. The van der Waals surface area contributed by atoms with Gasteiger partial charge in [-0.3, -0.25) is 9.20 Å². The van der Waals surface area contributed by atoms with Crippen LogP contribution in [-0.2, 0) is 5.41 Å². The van der Waals surface area contributed by atoms with Crippen LogP contribution in [0.25, 0.3) is 77.9 Å². The first kappa shape index (κ1) is 30.2. The van der Waals surface area contributed by atoms with Gasteiger partial charge in [0, 0.05) is 0 Å². The van der Waals surface area contributed by atoms with Crippen molar-refractivity contribution in [2.24, 2.45) is 0 Å². The zero-order chi connectivity index (χ0) is 36.3. The van der Waals surface area contributed by atoms with Crippen LogP contribution in [-0.4, -0.2) is 14.0 Å². The van der Waals surface area contributed by atoms with E-state index in [1.54, 1.807) is 4.57 Å². The summed E-state index contributed by atoms with van der Waals surface area (Å²) >= 11 is 0. The second-order valence-corrected chi connectivity index (χ2v) is 14.7. The first-order chi connectivity index (χ1) is 27.2. The quantitative estimate of drug-likeness (QED) is 0.184. The monoisotopic (exact) mass is 701 g/mol. The smallest absolute Gasteiger partial charge is 0.267 e. The van der Waals surface area contributed by atoms with E-state index in [0.717, 1.165) is 44.5 Å². The molecule has 0 fully saturated rings. The minimum Gasteiger partial charge on any atom is -0.277 e. The zero-order valence-electron chi connectivity index (χ0n) is 29.6. The summed E-state index contributed by atoms with van der Waals surface area (Å²) in [5.41, 5.74) is 17.8. The molecule has 0 unspecified atom stereocenters. The van der Waals surface area contributed by atoms with Gasteiger partial charge in [-0.25, -0.2) is 9.55 Å². The predicted molar refractivity (Wildman–Crippen MR) is 223 cm³/mol. The maximum Gasteiger partial charge on any atom is 0.267 e. The molecule has 0 atom stereocenters. The van der Waals surface area contributed by atoms with E-state index in [2.05, 4.69) is 138 Å². The van der Waals surface area contributed by atoms with E-state index in [1.807, 2.05) is 54.6 Å². The molecule has 0 amide bonds. The lowest BCUT2D eigenvalue weighted by Gasteiger charge is -2.30. The molecule has 0 aliphatic heterocycles. The van der Waals surface area contributed by atoms with E-state index in [-0.39, 0.29) is 5.56 Å². The Hall–Kier alpha value is -7.30. The lowest BCUT2D eigenvalue weighted by atomic mass is 9.70. The predicted octanol–water partition coefficient (Wildman–Crippen LogP) is 11.5. The number of hydrogen-bond donors (Lipinski definition) is 0. The van der Waals surface area contributed by atoms with Crippen molar-refractivity contribution in [3.63, 3.8) is 0 Å². The van der Waals surface area contributed by atoms with Crippen molar-refractivity contribution in [3.05, 3.63) is 221 Å². The van der Waals surface area contributed by atoms with Crippen LogP contribution >= 0.6 is 0 Å². The molecule has 0 radical (unpaired) electrons. The van der Waals surface area contributed by atoms with E-state index in [0.29, 0.717) is 11.2 Å². The molecule has 2 aliphatic carbocycles. The van der Waals surface area contributed by atoms with Gasteiger partial charge in [-0.15, -0.1) is 0 Å². The third-order valence-corrected chi connectivity index (χ3v) is 12.0. The topological polar surface area (TPSA) is 39.3 Å². The molecule has 0 bridgehead atoms. The van der Waals surface area contributed by atoms with Crippen molar-refractivity contribution >= 4 is 27.7 Å². The Morgan fingerprint density at radius 1 is 0.418 bits per heavy atom. The highest BCUT2D eigenvalue weighted by Crippen LogP contribution is 2.63. The van der Waals surface area contributed by atoms with Gasteiger partial charge >= 0.3 is 0 Å². The van der Waals surface area contributed by atoms with Crippen molar-refractivity contribution < 1.29 is 0 Å². The number of aromatic nitrogens is 3. The fourth-order valence-electron chi connectivity index (χ4n) is 9.66. The highest BCUT2D eigenvalue weighted by Gasteiger charge is 2.51. The van der Waals surface area contributed by atoms with Crippen molar-refractivity contribution in [1.82, 2.24) is 14.0 Å². The number of hydrogen-bond acceptors (Lipinski definition) is 2. The molecule has 2 aromatic heterocycles. The Bertz CT molecular complexity index is 3230.